The van der Waals surface area contributed by atoms with Crippen molar-refractivity contribution in [3.63, 3.8) is 0 Å². The van der Waals surface area contributed by atoms with Crippen LogP contribution >= 0.6 is 11.6 Å². The number of carbonyl (C=O) groups is 1. The first kappa shape index (κ1) is 22.6. The van der Waals surface area contributed by atoms with Crippen molar-refractivity contribution in [1.82, 2.24) is 18.6 Å². The lowest BCUT2D eigenvalue weighted by Crippen LogP contribution is -2.55. The van der Waals surface area contributed by atoms with Crippen LogP contribution in [0.4, 0.5) is 4.39 Å². The summed E-state index contributed by atoms with van der Waals surface area (Å²) in [6.45, 7) is 0. The van der Waals surface area contributed by atoms with Crippen molar-refractivity contribution in [2.24, 2.45) is 7.05 Å². The van der Waals surface area contributed by atoms with Gasteiger partial charge in [-0.2, -0.15) is 17.4 Å². The molecule has 0 aliphatic carbocycles. The smallest absolute Gasteiger partial charge is 0.280 e. The molecule has 2 unspecified atom stereocenters. The minimum atomic E-state index is -3.91. The first-order valence-electron chi connectivity index (χ1n) is 9.96. The number of nitrogens with zero attached hydrogens (tertiary/aromatic N) is 3. The second-order valence-electron chi connectivity index (χ2n) is 7.76. The number of ketones is 1. The van der Waals surface area contributed by atoms with Crippen molar-refractivity contribution < 1.29 is 17.6 Å². The van der Waals surface area contributed by atoms with Crippen molar-refractivity contribution in [2.75, 3.05) is 7.05 Å². The van der Waals surface area contributed by atoms with Crippen LogP contribution < -0.4 is 4.72 Å². The van der Waals surface area contributed by atoms with Gasteiger partial charge in [-0.05, 0) is 29.7 Å². The number of Topliss-reactive ketones (excluding diaryl/α,β-unsaturated/α-hetero) is 1. The summed E-state index contributed by atoms with van der Waals surface area (Å²) in [7, 11) is -0.727. The Morgan fingerprint density at radius 1 is 1.22 bits per heavy atom. The van der Waals surface area contributed by atoms with E-state index >= 15 is 0 Å². The summed E-state index contributed by atoms with van der Waals surface area (Å²) in [4.78, 5) is 17.5. The van der Waals surface area contributed by atoms with Crippen molar-refractivity contribution in [3.05, 3.63) is 77.0 Å². The maximum Gasteiger partial charge on any atom is 0.280 e. The lowest BCUT2D eigenvalue weighted by atomic mass is 9.98. The summed E-state index contributed by atoms with van der Waals surface area (Å²) >= 11 is 5.82. The van der Waals surface area contributed by atoms with Crippen LogP contribution in [0.5, 0.6) is 0 Å². The van der Waals surface area contributed by atoms with E-state index in [9.17, 15) is 17.6 Å². The Morgan fingerprint density at radius 3 is 2.62 bits per heavy atom. The molecule has 3 aromatic rings. The fourth-order valence-corrected chi connectivity index (χ4v) is 5.41. The molecule has 0 bridgehead atoms. The molecule has 1 aromatic heterocycles. The predicted molar refractivity (Wildman–Crippen MR) is 120 cm³/mol. The third-order valence-electron chi connectivity index (χ3n) is 5.71. The molecule has 0 spiro atoms. The van der Waals surface area contributed by atoms with Gasteiger partial charge in [0.1, 0.15) is 11.6 Å². The fourth-order valence-electron chi connectivity index (χ4n) is 3.94. The molecule has 32 heavy (non-hydrogen) atoms. The van der Waals surface area contributed by atoms with Gasteiger partial charge in [0.15, 0.2) is 5.78 Å². The number of carbonyl (C=O) groups excluding carboxylic acids is 1. The molecule has 10 heteroatoms. The van der Waals surface area contributed by atoms with Crippen molar-refractivity contribution in [1.29, 1.82) is 0 Å². The van der Waals surface area contributed by atoms with Gasteiger partial charge in [-0.1, -0.05) is 48.0 Å². The third-order valence-corrected chi connectivity index (χ3v) is 7.59. The molecule has 2 atom stereocenters. The van der Waals surface area contributed by atoms with Crippen LogP contribution in [-0.4, -0.2) is 41.1 Å². The van der Waals surface area contributed by atoms with E-state index in [-0.39, 0.29) is 23.6 Å². The molecule has 1 aliphatic heterocycles. The highest BCUT2D eigenvalue weighted by Crippen LogP contribution is 2.30. The number of likely N-dealkylation sites (N-methyl/N-ethyl adjacent to an activating group) is 1. The highest BCUT2D eigenvalue weighted by molar-refractivity contribution is 7.87. The quantitative estimate of drug-likeness (QED) is 0.612. The van der Waals surface area contributed by atoms with Gasteiger partial charge in [0.05, 0.1) is 29.0 Å². The SMILES string of the molecule is CN1C(C(=O)Cc2ccc(F)c(Cl)c2)CC(c2ncc(-c3ccccc3)n2C)NS1(=O)=O. The van der Waals surface area contributed by atoms with Crippen molar-refractivity contribution >= 4 is 27.6 Å². The van der Waals surface area contributed by atoms with Gasteiger partial charge in [-0.3, -0.25) is 4.79 Å². The lowest BCUT2D eigenvalue weighted by molar-refractivity contribution is -0.122. The van der Waals surface area contributed by atoms with Crippen LogP contribution in [0, 0.1) is 5.82 Å². The Balaban J connectivity index is 1.61. The number of aromatic nitrogens is 2. The van der Waals surface area contributed by atoms with Crippen LogP contribution in [-0.2, 0) is 28.5 Å². The molecule has 4 rings (SSSR count). The van der Waals surface area contributed by atoms with Gasteiger partial charge in [-0.15, -0.1) is 0 Å². The average Bonchev–Trinajstić information content (AvgIpc) is 3.14. The van der Waals surface area contributed by atoms with E-state index in [2.05, 4.69) is 9.71 Å². The molecule has 2 heterocycles. The van der Waals surface area contributed by atoms with Gasteiger partial charge in [0.25, 0.3) is 10.2 Å². The normalized spacial score (nSPS) is 20.9. The van der Waals surface area contributed by atoms with E-state index in [1.54, 1.807) is 6.20 Å². The monoisotopic (exact) mass is 476 g/mol. The van der Waals surface area contributed by atoms with Gasteiger partial charge >= 0.3 is 0 Å². The lowest BCUT2D eigenvalue weighted by Gasteiger charge is -2.36. The van der Waals surface area contributed by atoms with E-state index in [1.165, 1.54) is 25.2 Å². The number of hydrogen-bond donors (Lipinski definition) is 1. The largest absolute Gasteiger partial charge is 0.330 e. The molecule has 0 radical (unpaired) electrons. The molecule has 0 saturated carbocycles. The maximum absolute atomic E-state index is 13.4. The van der Waals surface area contributed by atoms with Crippen molar-refractivity contribution in [2.45, 2.75) is 24.9 Å². The summed E-state index contributed by atoms with van der Waals surface area (Å²) < 4.78 is 44.5. The number of imidazole rings is 1. The van der Waals surface area contributed by atoms with E-state index in [0.29, 0.717) is 11.4 Å². The standard InChI is InChI=1S/C22H22ClFN4O3S/c1-27-20(15-6-4-3-5-7-15)13-25-22(27)18-12-19(28(2)32(30,31)26-18)21(29)11-14-8-9-17(24)16(23)10-14/h3-10,13,18-19,26H,11-12H2,1-2H3. The second kappa shape index (κ2) is 8.74. The van der Waals surface area contributed by atoms with Gasteiger partial charge in [0, 0.05) is 20.5 Å². The van der Waals surface area contributed by atoms with E-state index in [0.717, 1.165) is 15.6 Å². The predicted octanol–water partition coefficient (Wildman–Crippen LogP) is 3.27. The first-order chi connectivity index (χ1) is 15.2. The number of hydrogen-bond acceptors (Lipinski definition) is 4. The van der Waals surface area contributed by atoms with Gasteiger partial charge < -0.3 is 4.57 Å². The Kier molecular flexibility index (Phi) is 6.17. The average molecular weight is 477 g/mol. The number of benzene rings is 2. The Hall–Kier alpha value is -2.59. The topological polar surface area (TPSA) is 84.3 Å². The molecule has 2 aromatic carbocycles. The minimum absolute atomic E-state index is 0.0624. The van der Waals surface area contributed by atoms with E-state index in [4.69, 9.17) is 11.6 Å². The van der Waals surface area contributed by atoms with Crippen LogP contribution in [0.1, 0.15) is 23.9 Å². The van der Waals surface area contributed by atoms with E-state index < -0.39 is 28.1 Å². The summed E-state index contributed by atoms with van der Waals surface area (Å²) in [5, 5.41) is -0.0825. The zero-order valence-electron chi connectivity index (χ0n) is 17.5. The number of rotatable bonds is 5. The molecule has 7 nitrogen and oxygen atoms in total. The molecule has 1 saturated heterocycles. The molecule has 1 aliphatic rings. The van der Waals surface area contributed by atoms with Crippen LogP contribution in [0.2, 0.25) is 5.02 Å². The molecule has 1 N–H and O–H groups in total. The van der Waals surface area contributed by atoms with Crippen LogP contribution in [0.25, 0.3) is 11.3 Å². The molecule has 0 amide bonds. The first-order valence-corrected chi connectivity index (χ1v) is 11.8. The molecule has 1 fully saturated rings. The fraction of sp³-hybridized carbons (Fsp3) is 0.273. The van der Waals surface area contributed by atoms with Gasteiger partial charge in [0.2, 0.25) is 0 Å². The highest BCUT2D eigenvalue weighted by Gasteiger charge is 2.41. The van der Waals surface area contributed by atoms with E-state index in [1.807, 2.05) is 41.9 Å². The summed E-state index contributed by atoms with van der Waals surface area (Å²) in [5.74, 6) is -0.362. The number of halogens is 2. The zero-order chi connectivity index (χ0) is 23.0. The highest BCUT2D eigenvalue weighted by atomic mass is 35.5. The number of nitrogens with one attached hydrogen (secondary N) is 1. The van der Waals surface area contributed by atoms with Crippen LogP contribution in [0.15, 0.2) is 54.7 Å². The zero-order valence-corrected chi connectivity index (χ0v) is 19.1. The summed E-state index contributed by atoms with van der Waals surface area (Å²) in [6, 6.07) is 12.1. The maximum atomic E-state index is 13.4. The Labute approximate surface area is 191 Å². The van der Waals surface area contributed by atoms with Crippen LogP contribution in [0.3, 0.4) is 0 Å². The summed E-state index contributed by atoms with van der Waals surface area (Å²) in [5.41, 5.74) is 2.30. The molecular formula is C22H22ClFN4O3S. The summed E-state index contributed by atoms with van der Waals surface area (Å²) in [6.07, 6.45) is 1.84. The molecular weight excluding hydrogens is 455 g/mol. The Bertz CT molecular complexity index is 1260. The second-order valence-corrected chi connectivity index (χ2v) is 9.93. The Morgan fingerprint density at radius 2 is 1.94 bits per heavy atom. The third kappa shape index (κ3) is 4.33. The molecule has 168 valence electrons. The van der Waals surface area contributed by atoms with Gasteiger partial charge in [-0.25, -0.2) is 9.37 Å². The van der Waals surface area contributed by atoms with Crippen molar-refractivity contribution in [3.8, 4) is 11.3 Å². The minimum Gasteiger partial charge on any atom is -0.330 e.